The highest BCUT2D eigenvalue weighted by molar-refractivity contribution is 5.44. The van der Waals surface area contributed by atoms with Crippen LogP contribution < -0.4 is 0 Å². The van der Waals surface area contributed by atoms with E-state index in [9.17, 15) is 10.2 Å². The van der Waals surface area contributed by atoms with E-state index in [1.165, 1.54) is 0 Å². The van der Waals surface area contributed by atoms with Gasteiger partial charge in [-0.15, -0.1) is 0 Å². The maximum atomic E-state index is 10.5. The molecule has 0 aliphatic heterocycles. The number of aliphatic hydroxyl groups is 2. The van der Waals surface area contributed by atoms with Gasteiger partial charge in [-0.1, -0.05) is 41.5 Å². The number of aliphatic hydroxyl groups excluding tert-OH is 2. The van der Waals surface area contributed by atoms with E-state index < -0.39 is 12.2 Å². The summed E-state index contributed by atoms with van der Waals surface area (Å²) in [5.41, 5.74) is 0.660. The fourth-order valence-corrected chi connectivity index (χ4v) is 2.80. The molecule has 0 heterocycles. The highest BCUT2D eigenvalue weighted by atomic mass is 16.5. The molecule has 1 aliphatic rings. The van der Waals surface area contributed by atoms with E-state index in [0.29, 0.717) is 22.7 Å². The molecule has 2 unspecified atom stereocenters. The van der Waals surface area contributed by atoms with Crippen molar-refractivity contribution in [2.24, 2.45) is 10.8 Å². The Morgan fingerprint density at radius 3 is 1.10 bits per heavy atom. The first-order valence-electron chi connectivity index (χ1n) is 6.90. The molecular weight excluding hydrogens is 256 g/mol. The molecule has 0 fully saturated rings. The summed E-state index contributed by atoms with van der Waals surface area (Å²) < 4.78 is 11.0. The molecule has 0 spiro atoms. The first kappa shape index (κ1) is 17.1. The van der Waals surface area contributed by atoms with Gasteiger partial charge in [-0.05, 0) is 10.8 Å². The first-order valence-corrected chi connectivity index (χ1v) is 6.90. The van der Waals surface area contributed by atoms with Gasteiger partial charge in [0.05, 0.1) is 14.2 Å². The molecular formula is C16H28O4. The Bertz CT molecular complexity index is 390. The van der Waals surface area contributed by atoms with Crippen molar-refractivity contribution in [1.29, 1.82) is 0 Å². The summed E-state index contributed by atoms with van der Waals surface area (Å²) in [4.78, 5) is 0. The molecule has 116 valence electrons. The second-order valence-corrected chi connectivity index (χ2v) is 7.28. The maximum Gasteiger partial charge on any atom is 0.163 e. The number of hydrogen-bond donors (Lipinski definition) is 2. The lowest BCUT2D eigenvalue weighted by molar-refractivity contribution is 0.0241. The second-order valence-electron chi connectivity index (χ2n) is 7.28. The summed E-state index contributed by atoms with van der Waals surface area (Å²) in [6.07, 6.45) is -1.98. The molecule has 4 heteroatoms. The summed E-state index contributed by atoms with van der Waals surface area (Å²) in [6, 6.07) is 0. The molecule has 1 rings (SSSR count). The van der Waals surface area contributed by atoms with E-state index in [2.05, 4.69) is 0 Å². The van der Waals surface area contributed by atoms with E-state index in [1.54, 1.807) is 14.2 Å². The van der Waals surface area contributed by atoms with E-state index in [-0.39, 0.29) is 10.8 Å². The largest absolute Gasteiger partial charge is 0.493 e. The van der Waals surface area contributed by atoms with Gasteiger partial charge >= 0.3 is 0 Å². The Morgan fingerprint density at radius 2 is 0.950 bits per heavy atom. The minimum absolute atomic E-state index is 0.334. The smallest absolute Gasteiger partial charge is 0.163 e. The normalized spacial score (nSPS) is 25.1. The maximum absolute atomic E-state index is 10.5. The van der Waals surface area contributed by atoms with Gasteiger partial charge in [-0.3, -0.25) is 0 Å². The molecule has 1 aliphatic carbocycles. The molecule has 0 saturated carbocycles. The minimum atomic E-state index is -0.988. The van der Waals surface area contributed by atoms with Crippen molar-refractivity contribution in [2.75, 3.05) is 14.2 Å². The molecule has 0 aromatic rings. The van der Waals surface area contributed by atoms with Crippen LogP contribution in [0.15, 0.2) is 22.7 Å². The average molecular weight is 284 g/mol. The molecule has 0 amide bonds. The monoisotopic (exact) mass is 284 g/mol. The molecule has 2 atom stereocenters. The van der Waals surface area contributed by atoms with Gasteiger partial charge in [0.2, 0.25) is 0 Å². The quantitative estimate of drug-likeness (QED) is 0.818. The van der Waals surface area contributed by atoms with Crippen LogP contribution in [0.3, 0.4) is 0 Å². The van der Waals surface area contributed by atoms with E-state index in [4.69, 9.17) is 9.47 Å². The molecule has 0 aromatic heterocycles. The van der Waals surface area contributed by atoms with Gasteiger partial charge in [0, 0.05) is 11.1 Å². The lowest BCUT2D eigenvalue weighted by atomic mass is 9.71. The molecule has 0 radical (unpaired) electrons. The third-order valence-corrected chi connectivity index (χ3v) is 3.61. The highest BCUT2D eigenvalue weighted by Crippen LogP contribution is 2.45. The predicted molar refractivity (Wildman–Crippen MR) is 79.0 cm³/mol. The van der Waals surface area contributed by atoms with Crippen LogP contribution in [0.2, 0.25) is 0 Å². The number of rotatable bonds is 2. The lowest BCUT2D eigenvalue weighted by Crippen LogP contribution is -2.43. The van der Waals surface area contributed by atoms with Crippen LogP contribution in [0.4, 0.5) is 0 Å². The van der Waals surface area contributed by atoms with Crippen molar-refractivity contribution in [3.63, 3.8) is 0 Å². The summed E-state index contributed by atoms with van der Waals surface area (Å²) in [7, 11) is 3.12. The van der Waals surface area contributed by atoms with Crippen molar-refractivity contribution in [1.82, 2.24) is 0 Å². The zero-order valence-corrected chi connectivity index (χ0v) is 13.9. The topological polar surface area (TPSA) is 58.9 Å². The van der Waals surface area contributed by atoms with E-state index in [0.717, 1.165) is 0 Å². The van der Waals surface area contributed by atoms with Crippen LogP contribution in [0.25, 0.3) is 0 Å². The van der Waals surface area contributed by atoms with Crippen molar-refractivity contribution in [3.8, 4) is 0 Å². The van der Waals surface area contributed by atoms with Gasteiger partial charge in [-0.2, -0.15) is 0 Å². The summed E-state index contributed by atoms with van der Waals surface area (Å²) in [5.74, 6) is 1.06. The summed E-state index contributed by atoms with van der Waals surface area (Å²) in [5, 5.41) is 21.1. The molecule has 0 bridgehead atoms. The van der Waals surface area contributed by atoms with E-state index >= 15 is 0 Å². The average Bonchev–Trinajstić information content (AvgIpc) is 2.27. The van der Waals surface area contributed by atoms with Crippen LogP contribution in [-0.2, 0) is 9.47 Å². The molecule has 0 saturated heterocycles. The Labute approximate surface area is 122 Å². The zero-order valence-electron chi connectivity index (χ0n) is 13.9. The standard InChI is InChI=1S/C16H28O4/c1-15(2,3)9-11(17)12(18)10(16(4,5)6)14(20-8)13(9)19-7/h11-12,17-18H,1-8H3. The van der Waals surface area contributed by atoms with E-state index in [1.807, 2.05) is 41.5 Å². The molecule has 2 N–H and O–H groups in total. The van der Waals surface area contributed by atoms with Gasteiger partial charge in [0.25, 0.3) is 0 Å². The Morgan fingerprint density at radius 1 is 0.700 bits per heavy atom. The van der Waals surface area contributed by atoms with Gasteiger partial charge < -0.3 is 19.7 Å². The Kier molecular flexibility index (Phi) is 4.62. The molecule has 20 heavy (non-hydrogen) atoms. The van der Waals surface area contributed by atoms with Crippen molar-refractivity contribution in [3.05, 3.63) is 22.7 Å². The SMILES string of the molecule is COC1=C(C(C)(C)C)C(O)C(O)C(C(C)(C)C)=C1OC. The third kappa shape index (κ3) is 2.86. The van der Waals surface area contributed by atoms with Gasteiger partial charge in [-0.25, -0.2) is 0 Å². The predicted octanol–water partition coefficient (Wildman–Crippen LogP) is 2.62. The first-order chi connectivity index (χ1) is 8.96. The number of methoxy groups -OCH3 is 2. The zero-order chi connectivity index (χ0) is 15.9. The Hall–Kier alpha value is -1.00. The second kappa shape index (κ2) is 5.41. The highest BCUT2D eigenvalue weighted by Gasteiger charge is 2.44. The van der Waals surface area contributed by atoms with Crippen LogP contribution in [-0.4, -0.2) is 36.6 Å². The van der Waals surface area contributed by atoms with Crippen molar-refractivity contribution in [2.45, 2.75) is 53.8 Å². The number of hydrogen-bond acceptors (Lipinski definition) is 4. The fourth-order valence-electron chi connectivity index (χ4n) is 2.80. The molecule has 4 nitrogen and oxygen atoms in total. The van der Waals surface area contributed by atoms with Crippen molar-refractivity contribution >= 4 is 0 Å². The summed E-state index contributed by atoms with van der Waals surface area (Å²) in [6.45, 7) is 11.9. The Balaban J connectivity index is 3.68. The molecule has 0 aromatic carbocycles. The van der Waals surface area contributed by atoms with Crippen molar-refractivity contribution < 1.29 is 19.7 Å². The van der Waals surface area contributed by atoms with Gasteiger partial charge in [0.15, 0.2) is 11.5 Å². The van der Waals surface area contributed by atoms with Crippen LogP contribution in [0.1, 0.15) is 41.5 Å². The minimum Gasteiger partial charge on any atom is -0.493 e. The summed E-state index contributed by atoms with van der Waals surface area (Å²) >= 11 is 0. The van der Waals surface area contributed by atoms with Crippen LogP contribution in [0, 0.1) is 10.8 Å². The van der Waals surface area contributed by atoms with Crippen LogP contribution >= 0.6 is 0 Å². The lowest BCUT2D eigenvalue weighted by Gasteiger charge is -2.41. The fraction of sp³-hybridized carbons (Fsp3) is 0.750. The van der Waals surface area contributed by atoms with Gasteiger partial charge in [0.1, 0.15) is 12.2 Å². The van der Waals surface area contributed by atoms with Crippen LogP contribution in [0.5, 0.6) is 0 Å². The number of ether oxygens (including phenoxy) is 2. The third-order valence-electron chi connectivity index (χ3n) is 3.61.